The van der Waals surface area contributed by atoms with Crippen molar-refractivity contribution >= 4 is 34.5 Å². The Labute approximate surface area is 126 Å². The van der Waals surface area contributed by atoms with Crippen molar-refractivity contribution in [3.05, 3.63) is 36.0 Å². The Hall–Kier alpha value is -2.28. The largest absolute Gasteiger partial charge is 0.333 e. The van der Waals surface area contributed by atoms with Crippen LogP contribution in [0.5, 0.6) is 0 Å². The van der Waals surface area contributed by atoms with E-state index in [-0.39, 0.29) is 5.91 Å². The molecular formula is C14H15N5OS. The number of imidazole rings is 1. The predicted molar refractivity (Wildman–Crippen MR) is 83.4 cm³/mol. The first-order chi connectivity index (χ1) is 10.1. The minimum absolute atomic E-state index is 0.0801. The van der Waals surface area contributed by atoms with Crippen LogP contribution in [0, 0.1) is 6.92 Å². The Morgan fingerprint density at radius 1 is 1.43 bits per heavy atom. The fraction of sp³-hybridized carbons (Fsp3) is 0.214. The molecule has 0 saturated carbocycles. The van der Waals surface area contributed by atoms with E-state index in [2.05, 4.69) is 20.4 Å². The first kappa shape index (κ1) is 13.7. The van der Waals surface area contributed by atoms with Crippen molar-refractivity contribution in [1.29, 1.82) is 0 Å². The number of aromatic nitrogens is 4. The summed E-state index contributed by atoms with van der Waals surface area (Å²) in [6, 6.07) is 9.63. The summed E-state index contributed by atoms with van der Waals surface area (Å²) in [6.07, 6.45) is 0. The van der Waals surface area contributed by atoms with Crippen LogP contribution in [-0.2, 0) is 11.8 Å². The molecule has 1 aromatic carbocycles. The Balaban J connectivity index is 1.61. The van der Waals surface area contributed by atoms with Crippen molar-refractivity contribution in [3.8, 4) is 0 Å². The molecule has 2 N–H and O–H groups in total. The lowest BCUT2D eigenvalue weighted by atomic mass is 10.3. The quantitative estimate of drug-likeness (QED) is 0.725. The lowest BCUT2D eigenvalue weighted by Gasteiger charge is -2.03. The van der Waals surface area contributed by atoms with E-state index in [1.807, 2.05) is 37.3 Å². The molecule has 7 heteroatoms. The molecule has 0 radical (unpaired) electrons. The molecule has 0 bridgehead atoms. The standard InChI is InChI=1S/C14H15N5OS/c1-9-7-12(19(2)18-9)17-13(20)8-21-14-15-10-5-3-4-6-11(10)16-14/h3-7H,8H2,1-2H3,(H,15,16)(H,17,20). The minimum Gasteiger partial charge on any atom is -0.333 e. The van der Waals surface area contributed by atoms with Gasteiger partial charge in [0.05, 0.1) is 22.5 Å². The number of amides is 1. The summed E-state index contributed by atoms with van der Waals surface area (Å²) in [5.41, 5.74) is 2.75. The molecule has 0 spiro atoms. The monoisotopic (exact) mass is 301 g/mol. The van der Waals surface area contributed by atoms with Gasteiger partial charge in [-0.05, 0) is 19.1 Å². The number of nitrogens with one attached hydrogen (secondary N) is 2. The molecule has 2 heterocycles. The zero-order chi connectivity index (χ0) is 14.8. The number of aromatic amines is 1. The van der Waals surface area contributed by atoms with Crippen LogP contribution in [0.25, 0.3) is 11.0 Å². The fourth-order valence-electron chi connectivity index (χ4n) is 2.04. The highest BCUT2D eigenvalue weighted by Crippen LogP contribution is 2.19. The number of aryl methyl sites for hydroxylation is 2. The Bertz CT molecular complexity index is 759. The van der Waals surface area contributed by atoms with Crippen LogP contribution in [-0.4, -0.2) is 31.4 Å². The third kappa shape index (κ3) is 3.08. The van der Waals surface area contributed by atoms with E-state index in [0.29, 0.717) is 11.6 Å². The SMILES string of the molecule is Cc1cc(NC(=O)CSc2nc3ccccc3[nH]2)n(C)n1. The lowest BCUT2D eigenvalue weighted by Crippen LogP contribution is -2.16. The van der Waals surface area contributed by atoms with Gasteiger partial charge in [-0.2, -0.15) is 5.10 Å². The first-order valence-corrected chi connectivity index (χ1v) is 7.48. The average Bonchev–Trinajstić information content (AvgIpc) is 2.99. The number of H-pyrrole nitrogens is 1. The Kier molecular flexibility index (Phi) is 3.66. The van der Waals surface area contributed by atoms with Crippen molar-refractivity contribution in [1.82, 2.24) is 19.7 Å². The van der Waals surface area contributed by atoms with Gasteiger partial charge < -0.3 is 10.3 Å². The summed E-state index contributed by atoms with van der Waals surface area (Å²) in [6.45, 7) is 1.89. The number of rotatable bonds is 4. The van der Waals surface area contributed by atoms with Gasteiger partial charge in [0.2, 0.25) is 5.91 Å². The molecule has 0 atom stereocenters. The summed E-state index contributed by atoms with van der Waals surface area (Å²) in [7, 11) is 1.80. The number of carbonyl (C=O) groups excluding carboxylic acids is 1. The number of thioether (sulfide) groups is 1. The molecule has 2 aromatic heterocycles. The second kappa shape index (κ2) is 5.61. The molecule has 3 aromatic rings. The van der Waals surface area contributed by atoms with Gasteiger partial charge in [0, 0.05) is 13.1 Å². The molecule has 0 aliphatic heterocycles. The second-order valence-electron chi connectivity index (χ2n) is 4.69. The van der Waals surface area contributed by atoms with Crippen LogP contribution in [0.1, 0.15) is 5.69 Å². The summed E-state index contributed by atoms with van der Waals surface area (Å²) in [4.78, 5) is 19.6. The highest BCUT2D eigenvalue weighted by Gasteiger charge is 2.09. The maximum atomic E-state index is 11.9. The van der Waals surface area contributed by atoms with E-state index in [4.69, 9.17) is 0 Å². The number of nitrogens with zero attached hydrogens (tertiary/aromatic N) is 3. The van der Waals surface area contributed by atoms with Gasteiger partial charge in [0.1, 0.15) is 5.82 Å². The number of hydrogen-bond donors (Lipinski definition) is 2. The van der Waals surface area contributed by atoms with E-state index >= 15 is 0 Å². The van der Waals surface area contributed by atoms with E-state index in [9.17, 15) is 4.79 Å². The summed E-state index contributed by atoms with van der Waals surface area (Å²) in [5, 5.41) is 7.77. The van der Waals surface area contributed by atoms with E-state index in [1.54, 1.807) is 11.7 Å². The summed E-state index contributed by atoms with van der Waals surface area (Å²) >= 11 is 1.38. The fourth-order valence-corrected chi connectivity index (χ4v) is 2.72. The molecule has 21 heavy (non-hydrogen) atoms. The van der Waals surface area contributed by atoms with Crippen LogP contribution in [0.15, 0.2) is 35.5 Å². The van der Waals surface area contributed by atoms with Crippen molar-refractivity contribution in [3.63, 3.8) is 0 Å². The van der Waals surface area contributed by atoms with Crippen molar-refractivity contribution in [2.45, 2.75) is 12.1 Å². The first-order valence-electron chi connectivity index (χ1n) is 6.50. The van der Waals surface area contributed by atoms with Gasteiger partial charge in [-0.3, -0.25) is 9.48 Å². The zero-order valence-electron chi connectivity index (χ0n) is 11.8. The van der Waals surface area contributed by atoms with Gasteiger partial charge in [0.25, 0.3) is 0 Å². The average molecular weight is 301 g/mol. The number of carbonyl (C=O) groups is 1. The van der Waals surface area contributed by atoms with Crippen LogP contribution < -0.4 is 5.32 Å². The van der Waals surface area contributed by atoms with Gasteiger partial charge >= 0.3 is 0 Å². The summed E-state index contributed by atoms with van der Waals surface area (Å²) in [5.74, 6) is 0.913. The molecule has 3 rings (SSSR count). The molecule has 6 nitrogen and oxygen atoms in total. The number of hydrogen-bond acceptors (Lipinski definition) is 4. The molecule has 0 fully saturated rings. The van der Waals surface area contributed by atoms with Crippen molar-refractivity contribution in [2.75, 3.05) is 11.1 Å². The molecule has 1 amide bonds. The number of fused-ring (bicyclic) bond motifs is 1. The van der Waals surface area contributed by atoms with E-state index in [1.165, 1.54) is 11.8 Å². The molecule has 0 saturated heterocycles. The molecule has 108 valence electrons. The summed E-state index contributed by atoms with van der Waals surface area (Å²) < 4.78 is 1.65. The van der Waals surface area contributed by atoms with Gasteiger partial charge in [-0.25, -0.2) is 4.98 Å². The van der Waals surface area contributed by atoms with Crippen LogP contribution in [0.2, 0.25) is 0 Å². The van der Waals surface area contributed by atoms with Crippen LogP contribution in [0.3, 0.4) is 0 Å². The van der Waals surface area contributed by atoms with Crippen molar-refractivity contribution in [2.24, 2.45) is 7.05 Å². The van der Waals surface area contributed by atoms with Gasteiger partial charge in [-0.1, -0.05) is 23.9 Å². The van der Waals surface area contributed by atoms with Gasteiger partial charge in [-0.15, -0.1) is 0 Å². The number of anilines is 1. The normalized spacial score (nSPS) is 11.0. The van der Waals surface area contributed by atoms with Crippen molar-refractivity contribution < 1.29 is 4.79 Å². The lowest BCUT2D eigenvalue weighted by molar-refractivity contribution is -0.113. The van der Waals surface area contributed by atoms with Gasteiger partial charge in [0.15, 0.2) is 5.16 Å². The Morgan fingerprint density at radius 3 is 2.95 bits per heavy atom. The van der Waals surface area contributed by atoms with E-state index in [0.717, 1.165) is 21.9 Å². The second-order valence-corrected chi connectivity index (χ2v) is 5.65. The molecule has 0 unspecified atom stereocenters. The number of benzene rings is 1. The molecule has 0 aliphatic carbocycles. The maximum absolute atomic E-state index is 11.9. The molecule has 0 aliphatic rings. The third-order valence-electron chi connectivity index (χ3n) is 2.98. The highest BCUT2D eigenvalue weighted by atomic mass is 32.2. The van der Waals surface area contributed by atoms with E-state index < -0.39 is 0 Å². The smallest absolute Gasteiger partial charge is 0.235 e. The van der Waals surface area contributed by atoms with Crippen LogP contribution >= 0.6 is 11.8 Å². The molecular weight excluding hydrogens is 286 g/mol. The maximum Gasteiger partial charge on any atom is 0.235 e. The zero-order valence-corrected chi connectivity index (χ0v) is 12.6. The minimum atomic E-state index is -0.0801. The van der Waals surface area contributed by atoms with Crippen LogP contribution in [0.4, 0.5) is 5.82 Å². The third-order valence-corrected chi connectivity index (χ3v) is 3.85. The topological polar surface area (TPSA) is 75.6 Å². The Morgan fingerprint density at radius 2 is 2.24 bits per heavy atom. The highest BCUT2D eigenvalue weighted by molar-refractivity contribution is 7.99. The number of para-hydroxylation sites is 2. The predicted octanol–water partition coefficient (Wildman–Crippen LogP) is 2.34.